The highest BCUT2D eigenvalue weighted by Gasteiger charge is 2.28. The van der Waals surface area contributed by atoms with Crippen molar-refractivity contribution in [2.45, 2.75) is 52.8 Å². The summed E-state index contributed by atoms with van der Waals surface area (Å²) in [6.07, 6.45) is -0.570. The number of alkyl carbamates (subject to hydrolysis) is 1. The molecule has 0 aliphatic heterocycles. The number of rotatable bonds is 9. The van der Waals surface area contributed by atoms with Crippen LogP contribution in [0.15, 0.2) is 42.5 Å². The van der Waals surface area contributed by atoms with Crippen molar-refractivity contribution in [1.29, 1.82) is 0 Å². The van der Waals surface area contributed by atoms with Crippen LogP contribution in [0.25, 0.3) is 10.4 Å². The fraction of sp³-hybridized carbons (Fsp3) is 0.393. The monoisotopic (exact) mass is 543 g/mol. The average Bonchev–Trinajstić information content (AvgIpc) is 3.26. The third-order valence-corrected chi connectivity index (χ3v) is 6.60. The van der Waals surface area contributed by atoms with E-state index in [0.29, 0.717) is 26.9 Å². The summed E-state index contributed by atoms with van der Waals surface area (Å²) in [5.74, 6) is 0.428. The highest BCUT2D eigenvalue weighted by molar-refractivity contribution is 7.15. The summed E-state index contributed by atoms with van der Waals surface area (Å²) in [5.41, 5.74) is 1.12. The molecule has 0 fully saturated rings. The number of carbonyl (C=O) groups is 2. The Labute approximate surface area is 226 Å². The van der Waals surface area contributed by atoms with E-state index in [0.717, 1.165) is 5.56 Å². The van der Waals surface area contributed by atoms with Crippen molar-refractivity contribution in [2.24, 2.45) is 0 Å². The summed E-state index contributed by atoms with van der Waals surface area (Å²) in [4.78, 5) is 33.1. The maximum absolute atomic E-state index is 14.0. The molecular formula is C28H34FN3O5S. The Morgan fingerprint density at radius 1 is 1.08 bits per heavy atom. The van der Waals surface area contributed by atoms with Gasteiger partial charge in [0.2, 0.25) is 0 Å². The number of hydrogen-bond donors (Lipinski definition) is 1. The van der Waals surface area contributed by atoms with Crippen molar-refractivity contribution in [2.75, 3.05) is 20.8 Å². The van der Waals surface area contributed by atoms with Gasteiger partial charge in [0.15, 0.2) is 11.5 Å². The molecule has 204 valence electrons. The molecule has 1 N–H and O–H groups in total. The molecule has 0 aliphatic carbocycles. The molecule has 38 heavy (non-hydrogen) atoms. The Kier molecular flexibility index (Phi) is 9.32. The number of methoxy groups -OCH3 is 2. The van der Waals surface area contributed by atoms with Crippen LogP contribution in [0.3, 0.4) is 0 Å². The van der Waals surface area contributed by atoms with Gasteiger partial charge in [0.05, 0.1) is 24.1 Å². The third-order valence-electron chi connectivity index (χ3n) is 5.58. The van der Waals surface area contributed by atoms with Gasteiger partial charge in [0.1, 0.15) is 17.1 Å². The van der Waals surface area contributed by atoms with Crippen LogP contribution in [0, 0.1) is 12.7 Å². The normalized spacial score (nSPS) is 12.0. The topological polar surface area (TPSA) is 90.0 Å². The maximum Gasteiger partial charge on any atom is 0.407 e. The molecule has 3 aromatic rings. The lowest BCUT2D eigenvalue weighted by Gasteiger charge is -2.30. The van der Waals surface area contributed by atoms with Gasteiger partial charge in [-0.2, -0.15) is 0 Å². The number of halogens is 1. The van der Waals surface area contributed by atoms with E-state index in [1.54, 1.807) is 64.2 Å². The van der Waals surface area contributed by atoms with E-state index in [2.05, 4.69) is 10.3 Å². The number of hydrogen-bond acceptors (Lipinski definition) is 7. The van der Waals surface area contributed by atoms with E-state index in [-0.39, 0.29) is 30.5 Å². The van der Waals surface area contributed by atoms with Crippen LogP contribution >= 0.6 is 11.3 Å². The van der Waals surface area contributed by atoms with Gasteiger partial charge in [0.25, 0.3) is 5.91 Å². The lowest BCUT2D eigenvalue weighted by Crippen LogP contribution is -2.46. The van der Waals surface area contributed by atoms with Gasteiger partial charge in [-0.25, -0.2) is 14.2 Å². The van der Waals surface area contributed by atoms with Crippen LogP contribution in [-0.4, -0.2) is 54.3 Å². The fourth-order valence-corrected chi connectivity index (χ4v) is 4.68. The average molecular weight is 544 g/mol. The Bertz CT molecular complexity index is 1270. The second-order valence-electron chi connectivity index (χ2n) is 9.77. The van der Waals surface area contributed by atoms with Crippen LogP contribution < -0.4 is 14.8 Å². The minimum atomic E-state index is -0.648. The molecule has 2 amide bonds. The summed E-state index contributed by atoms with van der Waals surface area (Å²) < 4.78 is 29.7. The summed E-state index contributed by atoms with van der Waals surface area (Å²) in [7, 11) is 3.10. The number of carbonyl (C=O) groups excluding carboxylic acids is 2. The molecule has 0 aliphatic rings. The summed E-state index contributed by atoms with van der Waals surface area (Å²) in [6.45, 7) is 9.38. The summed E-state index contributed by atoms with van der Waals surface area (Å²) >= 11 is 1.37. The summed E-state index contributed by atoms with van der Waals surface area (Å²) in [5, 5.41) is 3.46. The largest absolute Gasteiger partial charge is 0.493 e. The molecular weight excluding hydrogens is 509 g/mol. The Balaban J connectivity index is 1.95. The molecule has 3 rings (SSSR count). The zero-order valence-electron chi connectivity index (χ0n) is 22.8. The summed E-state index contributed by atoms with van der Waals surface area (Å²) in [6, 6.07) is 11.0. The lowest BCUT2D eigenvalue weighted by molar-refractivity contribution is 0.0487. The van der Waals surface area contributed by atoms with Crippen LogP contribution in [0.4, 0.5) is 9.18 Å². The second-order valence-corrected chi connectivity index (χ2v) is 11.0. The van der Waals surface area contributed by atoms with Crippen molar-refractivity contribution < 1.29 is 28.2 Å². The fourth-order valence-electron chi connectivity index (χ4n) is 3.76. The van der Waals surface area contributed by atoms with E-state index in [9.17, 15) is 14.0 Å². The first kappa shape index (κ1) is 28.9. The number of amides is 2. The third kappa shape index (κ3) is 7.44. The van der Waals surface area contributed by atoms with Crippen molar-refractivity contribution in [1.82, 2.24) is 15.2 Å². The predicted molar refractivity (Wildman–Crippen MR) is 145 cm³/mol. The first-order chi connectivity index (χ1) is 17.9. The zero-order valence-corrected chi connectivity index (χ0v) is 23.6. The standard InChI is InChI=1S/C28H34FN3O5S/c1-17(15-30-27(34)37-28(3,4)5)32(16-19-8-13-22(35-6)23(14-19)36-7)26(33)24-25(38-18(2)31-24)20-9-11-21(29)12-10-20/h8-14,17H,15-16H2,1-7H3,(H,30,34)/t17-/m1/s1. The molecule has 0 bridgehead atoms. The van der Waals surface area contributed by atoms with Gasteiger partial charge in [-0.1, -0.05) is 18.2 Å². The van der Waals surface area contributed by atoms with Crippen molar-refractivity contribution in [3.63, 3.8) is 0 Å². The van der Waals surface area contributed by atoms with Crippen LogP contribution in [0.1, 0.15) is 48.8 Å². The number of nitrogens with zero attached hydrogens (tertiary/aromatic N) is 2. The Hall–Kier alpha value is -3.66. The van der Waals surface area contributed by atoms with Crippen molar-refractivity contribution in [3.8, 4) is 21.9 Å². The number of thiazole rings is 1. The molecule has 1 heterocycles. The van der Waals surface area contributed by atoms with E-state index < -0.39 is 17.7 Å². The SMILES string of the molecule is COc1ccc(CN(C(=O)c2nc(C)sc2-c2ccc(F)cc2)[C@H](C)CNC(=O)OC(C)(C)C)cc1OC. The van der Waals surface area contributed by atoms with Crippen LogP contribution in [-0.2, 0) is 11.3 Å². The minimum absolute atomic E-state index is 0.156. The quantitative estimate of drug-likeness (QED) is 0.365. The van der Waals surface area contributed by atoms with Gasteiger partial charge >= 0.3 is 6.09 Å². The molecule has 2 aromatic carbocycles. The first-order valence-electron chi connectivity index (χ1n) is 12.1. The van der Waals surface area contributed by atoms with E-state index in [1.165, 1.54) is 23.5 Å². The molecule has 0 saturated heterocycles. The van der Waals surface area contributed by atoms with Crippen LogP contribution in [0.2, 0.25) is 0 Å². The number of ether oxygens (including phenoxy) is 3. The van der Waals surface area contributed by atoms with Crippen molar-refractivity contribution in [3.05, 3.63) is 64.5 Å². The maximum atomic E-state index is 14.0. The first-order valence-corrected chi connectivity index (χ1v) is 13.0. The molecule has 0 unspecified atom stereocenters. The number of aromatic nitrogens is 1. The minimum Gasteiger partial charge on any atom is -0.493 e. The van der Waals surface area contributed by atoms with Gasteiger partial charge in [-0.15, -0.1) is 11.3 Å². The highest BCUT2D eigenvalue weighted by Crippen LogP contribution is 2.33. The number of aryl methyl sites for hydroxylation is 1. The second kappa shape index (κ2) is 12.3. The Morgan fingerprint density at radius 2 is 1.74 bits per heavy atom. The molecule has 8 nitrogen and oxygen atoms in total. The lowest BCUT2D eigenvalue weighted by atomic mass is 10.1. The highest BCUT2D eigenvalue weighted by atomic mass is 32.1. The van der Waals surface area contributed by atoms with Crippen LogP contribution in [0.5, 0.6) is 11.5 Å². The van der Waals surface area contributed by atoms with E-state index in [4.69, 9.17) is 14.2 Å². The molecule has 10 heteroatoms. The Morgan fingerprint density at radius 3 is 2.34 bits per heavy atom. The molecule has 0 spiro atoms. The molecule has 0 saturated carbocycles. The molecule has 1 aromatic heterocycles. The number of benzene rings is 2. The van der Waals surface area contributed by atoms with E-state index >= 15 is 0 Å². The van der Waals surface area contributed by atoms with E-state index in [1.807, 2.05) is 19.9 Å². The molecule has 0 radical (unpaired) electrons. The molecule has 1 atom stereocenters. The van der Waals surface area contributed by atoms with Gasteiger partial charge in [0, 0.05) is 19.1 Å². The van der Waals surface area contributed by atoms with Gasteiger partial charge in [-0.05, 0) is 70.0 Å². The van der Waals surface area contributed by atoms with Gasteiger partial charge < -0.3 is 24.4 Å². The number of nitrogens with one attached hydrogen (secondary N) is 1. The van der Waals surface area contributed by atoms with Crippen molar-refractivity contribution >= 4 is 23.3 Å². The predicted octanol–water partition coefficient (Wildman–Crippen LogP) is 5.83. The zero-order chi connectivity index (χ0) is 28.0. The van der Waals surface area contributed by atoms with Gasteiger partial charge in [-0.3, -0.25) is 4.79 Å². The smallest absolute Gasteiger partial charge is 0.407 e.